The van der Waals surface area contributed by atoms with Crippen LogP contribution in [0.3, 0.4) is 0 Å². The molecular formula is C26H23FN2O3. The van der Waals surface area contributed by atoms with Gasteiger partial charge in [0.1, 0.15) is 24.1 Å². The van der Waals surface area contributed by atoms with Gasteiger partial charge in [-0.15, -0.1) is 0 Å². The fourth-order valence-corrected chi connectivity index (χ4v) is 3.14. The predicted molar refractivity (Wildman–Crippen MR) is 122 cm³/mol. The molecule has 0 bridgehead atoms. The van der Waals surface area contributed by atoms with Gasteiger partial charge in [-0.05, 0) is 66.4 Å². The molecule has 0 aliphatic rings. The van der Waals surface area contributed by atoms with Crippen LogP contribution in [0, 0.1) is 31.0 Å². The molecule has 0 atom stereocenters. The Hall–Kier alpha value is -4.11. The zero-order valence-corrected chi connectivity index (χ0v) is 18.1. The van der Waals surface area contributed by atoms with Crippen molar-refractivity contribution >= 4 is 17.7 Å². The number of amides is 1. The number of carbonyl (C=O) groups excluding carboxylic acids is 1. The second-order valence-corrected chi connectivity index (χ2v) is 7.22. The first-order chi connectivity index (χ1) is 15.4. The van der Waals surface area contributed by atoms with Crippen molar-refractivity contribution in [1.29, 1.82) is 5.26 Å². The predicted octanol–water partition coefficient (Wildman–Crippen LogP) is 5.58. The van der Waals surface area contributed by atoms with Gasteiger partial charge >= 0.3 is 0 Å². The maximum absolute atomic E-state index is 13.0. The van der Waals surface area contributed by atoms with Gasteiger partial charge in [0.15, 0.2) is 11.5 Å². The SMILES string of the molecule is COc1cc(C=C(C#N)C(=O)Nc2c(C)cccc2C)ccc1OCc1ccc(F)cc1. The van der Waals surface area contributed by atoms with Gasteiger partial charge in [0, 0.05) is 5.69 Å². The number of halogens is 1. The third-order valence-corrected chi connectivity index (χ3v) is 4.89. The summed E-state index contributed by atoms with van der Waals surface area (Å²) in [5.41, 5.74) is 3.92. The van der Waals surface area contributed by atoms with E-state index >= 15 is 0 Å². The van der Waals surface area contributed by atoms with Crippen molar-refractivity contribution in [3.63, 3.8) is 0 Å². The first-order valence-electron chi connectivity index (χ1n) is 9.96. The van der Waals surface area contributed by atoms with Crippen molar-refractivity contribution in [3.05, 3.63) is 94.3 Å². The molecule has 0 aliphatic heterocycles. The molecule has 0 saturated carbocycles. The number of hydrogen-bond acceptors (Lipinski definition) is 4. The van der Waals surface area contributed by atoms with Gasteiger partial charge in [0.2, 0.25) is 0 Å². The molecule has 0 fully saturated rings. The Morgan fingerprint density at radius 2 is 1.75 bits per heavy atom. The standard InChI is InChI=1S/C26H23FN2O3/c1-17-5-4-6-18(2)25(17)29-26(30)21(15-28)13-20-9-12-23(24(14-20)31-3)32-16-19-7-10-22(27)11-8-19/h4-14H,16H2,1-3H3,(H,29,30). The number of hydrogen-bond donors (Lipinski definition) is 1. The van der Waals surface area contributed by atoms with Crippen molar-refractivity contribution in [1.82, 2.24) is 0 Å². The van der Waals surface area contributed by atoms with E-state index in [1.807, 2.05) is 38.1 Å². The molecule has 162 valence electrons. The molecule has 1 N–H and O–H groups in total. The Morgan fingerprint density at radius 3 is 2.38 bits per heavy atom. The fraction of sp³-hybridized carbons (Fsp3) is 0.154. The number of methoxy groups -OCH3 is 1. The molecule has 0 heterocycles. The van der Waals surface area contributed by atoms with E-state index in [1.54, 1.807) is 30.3 Å². The summed E-state index contributed by atoms with van der Waals surface area (Å²) in [6.07, 6.45) is 1.50. The van der Waals surface area contributed by atoms with Crippen LogP contribution in [0.5, 0.6) is 11.5 Å². The molecule has 32 heavy (non-hydrogen) atoms. The van der Waals surface area contributed by atoms with E-state index in [4.69, 9.17) is 9.47 Å². The average molecular weight is 430 g/mol. The summed E-state index contributed by atoms with van der Waals surface area (Å²) >= 11 is 0. The molecule has 0 spiro atoms. The molecule has 0 radical (unpaired) electrons. The molecule has 5 nitrogen and oxygen atoms in total. The Balaban J connectivity index is 1.77. The summed E-state index contributed by atoms with van der Waals surface area (Å²) in [4.78, 5) is 12.7. The minimum absolute atomic E-state index is 0.0327. The first kappa shape index (κ1) is 22.6. The van der Waals surface area contributed by atoms with Crippen LogP contribution in [-0.2, 0) is 11.4 Å². The van der Waals surface area contributed by atoms with E-state index in [0.717, 1.165) is 16.7 Å². The fourth-order valence-electron chi connectivity index (χ4n) is 3.14. The second kappa shape index (κ2) is 10.3. The molecular weight excluding hydrogens is 407 g/mol. The van der Waals surface area contributed by atoms with Crippen molar-refractivity contribution in [2.24, 2.45) is 0 Å². The molecule has 3 aromatic rings. The highest BCUT2D eigenvalue weighted by molar-refractivity contribution is 6.10. The highest BCUT2D eigenvalue weighted by Gasteiger charge is 2.13. The maximum atomic E-state index is 13.0. The molecule has 0 unspecified atom stereocenters. The molecule has 6 heteroatoms. The van der Waals surface area contributed by atoms with Gasteiger partial charge in [-0.2, -0.15) is 5.26 Å². The Kier molecular flexibility index (Phi) is 7.25. The number of benzene rings is 3. The zero-order valence-electron chi connectivity index (χ0n) is 18.1. The normalized spacial score (nSPS) is 10.9. The number of nitrogens with zero attached hydrogens (tertiary/aromatic N) is 1. The molecule has 0 aliphatic carbocycles. The first-order valence-corrected chi connectivity index (χ1v) is 9.96. The van der Waals surface area contributed by atoms with Crippen molar-refractivity contribution in [2.45, 2.75) is 20.5 Å². The number of carbonyl (C=O) groups is 1. The van der Waals surface area contributed by atoms with E-state index in [2.05, 4.69) is 5.32 Å². The highest BCUT2D eigenvalue weighted by Crippen LogP contribution is 2.30. The minimum Gasteiger partial charge on any atom is -0.493 e. The molecule has 3 rings (SSSR count). The number of nitriles is 1. The van der Waals surface area contributed by atoms with Crippen LogP contribution in [0.1, 0.15) is 22.3 Å². The lowest BCUT2D eigenvalue weighted by Gasteiger charge is -2.12. The van der Waals surface area contributed by atoms with Gasteiger partial charge in [-0.1, -0.05) is 36.4 Å². The lowest BCUT2D eigenvalue weighted by Crippen LogP contribution is -2.15. The third kappa shape index (κ3) is 5.52. The zero-order chi connectivity index (χ0) is 23.1. The van der Waals surface area contributed by atoms with Crippen LogP contribution in [-0.4, -0.2) is 13.0 Å². The summed E-state index contributed by atoms with van der Waals surface area (Å²) in [6, 6.07) is 18.8. The van der Waals surface area contributed by atoms with Crippen molar-refractivity contribution in [2.75, 3.05) is 12.4 Å². The van der Waals surface area contributed by atoms with E-state index < -0.39 is 5.91 Å². The van der Waals surface area contributed by atoms with E-state index in [-0.39, 0.29) is 18.0 Å². The number of ether oxygens (including phenoxy) is 2. The Morgan fingerprint density at radius 1 is 1.06 bits per heavy atom. The topological polar surface area (TPSA) is 71.3 Å². The van der Waals surface area contributed by atoms with Crippen LogP contribution in [0.25, 0.3) is 6.08 Å². The monoisotopic (exact) mass is 430 g/mol. The van der Waals surface area contributed by atoms with Crippen LogP contribution in [0.15, 0.2) is 66.2 Å². The van der Waals surface area contributed by atoms with Crippen molar-refractivity contribution < 1.29 is 18.7 Å². The minimum atomic E-state index is -0.486. The lowest BCUT2D eigenvalue weighted by atomic mass is 10.1. The number of anilines is 1. The summed E-state index contributed by atoms with van der Waals surface area (Å²) in [7, 11) is 1.51. The largest absolute Gasteiger partial charge is 0.493 e. The van der Waals surface area contributed by atoms with Crippen LogP contribution in [0.2, 0.25) is 0 Å². The van der Waals surface area contributed by atoms with Crippen LogP contribution < -0.4 is 14.8 Å². The van der Waals surface area contributed by atoms with Gasteiger partial charge in [-0.3, -0.25) is 4.79 Å². The van der Waals surface area contributed by atoms with Crippen LogP contribution >= 0.6 is 0 Å². The number of rotatable bonds is 7. The quantitative estimate of drug-likeness (QED) is 0.393. The molecule has 0 aromatic heterocycles. The van der Waals surface area contributed by atoms with Crippen LogP contribution in [0.4, 0.5) is 10.1 Å². The Bertz CT molecular complexity index is 1170. The van der Waals surface area contributed by atoms with E-state index in [0.29, 0.717) is 22.7 Å². The number of aryl methyl sites for hydroxylation is 2. The van der Waals surface area contributed by atoms with Gasteiger partial charge in [-0.25, -0.2) is 4.39 Å². The van der Waals surface area contributed by atoms with E-state index in [9.17, 15) is 14.4 Å². The third-order valence-electron chi connectivity index (χ3n) is 4.89. The van der Waals surface area contributed by atoms with E-state index in [1.165, 1.54) is 25.3 Å². The summed E-state index contributed by atoms with van der Waals surface area (Å²) in [5, 5.41) is 12.3. The second-order valence-electron chi connectivity index (χ2n) is 7.22. The number of nitrogens with one attached hydrogen (secondary N) is 1. The Labute approximate surface area is 186 Å². The van der Waals surface area contributed by atoms with Crippen molar-refractivity contribution in [3.8, 4) is 17.6 Å². The number of para-hydroxylation sites is 1. The average Bonchev–Trinajstić information content (AvgIpc) is 2.79. The van der Waals surface area contributed by atoms with Gasteiger partial charge < -0.3 is 14.8 Å². The summed E-state index contributed by atoms with van der Waals surface area (Å²) in [5.74, 6) is 0.152. The van der Waals surface area contributed by atoms with Gasteiger partial charge in [0.25, 0.3) is 5.91 Å². The van der Waals surface area contributed by atoms with Gasteiger partial charge in [0.05, 0.1) is 7.11 Å². The molecule has 1 amide bonds. The highest BCUT2D eigenvalue weighted by atomic mass is 19.1. The molecule has 0 saturated heterocycles. The summed E-state index contributed by atoms with van der Waals surface area (Å²) < 4.78 is 24.2. The lowest BCUT2D eigenvalue weighted by molar-refractivity contribution is -0.112. The smallest absolute Gasteiger partial charge is 0.266 e. The molecule has 3 aromatic carbocycles. The maximum Gasteiger partial charge on any atom is 0.266 e. The summed E-state index contributed by atoms with van der Waals surface area (Å²) in [6.45, 7) is 4.04.